The number of hydrogen-bond donors (Lipinski definition) is 1. The average molecular weight is 267 g/mol. The van der Waals surface area contributed by atoms with E-state index in [1.807, 2.05) is 18.2 Å². The smallest absolute Gasteiger partial charge is 0.0947 e. The Bertz CT molecular complexity index is 397. The molecule has 0 atom stereocenters. The number of hydrogen-bond acceptors (Lipinski definition) is 3. The SMILES string of the molecule is Brc1ccc(CNCc2ccoc2)nc1. The summed E-state index contributed by atoms with van der Waals surface area (Å²) >= 11 is 3.35. The highest BCUT2D eigenvalue weighted by atomic mass is 79.9. The summed E-state index contributed by atoms with van der Waals surface area (Å²) in [4.78, 5) is 4.26. The molecule has 1 N–H and O–H groups in total. The van der Waals surface area contributed by atoms with E-state index < -0.39 is 0 Å². The maximum Gasteiger partial charge on any atom is 0.0947 e. The van der Waals surface area contributed by atoms with Gasteiger partial charge >= 0.3 is 0 Å². The average Bonchev–Trinajstić information content (AvgIpc) is 2.74. The Kier molecular flexibility index (Phi) is 3.53. The second-order valence-corrected chi connectivity index (χ2v) is 4.12. The van der Waals surface area contributed by atoms with Crippen LogP contribution < -0.4 is 5.32 Å². The summed E-state index contributed by atoms with van der Waals surface area (Å²) in [6.45, 7) is 1.56. The van der Waals surface area contributed by atoms with Gasteiger partial charge in [-0.25, -0.2) is 0 Å². The van der Waals surface area contributed by atoms with Crippen LogP contribution in [-0.2, 0) is 13.1 Å². The number of halogens is 1. The van der Waals surface area contributed by atoms with Crippen LogP contribution in [-0.4, -0.2) is 4.98 Å². The second-order valence-electron chi connectivity index (χ2n) is 3.20. The van der Waals surface area contributed by atoms with Crippen molar-refractivity contribution >= 4 is 15.9 Å². The quantitative estimate of drug-likeness (QED) is 0.925. The Morgan fingerprint density at radius 3 is 2.87 bits per heavy atom. The molecule has 0 saturated heterocycles. The van der Waals surface area contributed by atoms with Gasteiger partial charge in [-0.2, -0.15) is 0 Å². The molecule has 0 saturated carbocycles. The molecule has 3 nitrogen and oxygen atoms in total. The molecule has 0 fully saturated rings. The summed E-state index contributed by atoms with van der Waals surface area (Å²) < 4.78 is 5.97. The number of rotatable bonds is 4. The minimum absolute atomic E-state index is 0.762. The first-order valence-electron chi connectivity index (χ1n) is 4.67. The van der Waals surface area contributed by atoms with Crippen molar-refractivity contribution in [1.82, 2.24) is 10.3 Å². The van der Waals surface area contributed by atoms with Gasteiger partial charge in [0, 0.05) is 29.3 Å². The maximum atomic E-state index is 4.97. The molecule has 2 aromatic rings. The zero-order valence-electron chi connectivity index (χ0n) is 8.11. The number of nitrogens with one attached hydrogen (secondary N) is 1. The van der Waals surface area contributed by atoms with E-state index in [2.05, 4.69) is 26.2 Å². The Balaban J connectivity index is 1.81. The van der Waals surface area contributed by atoms with Gasteiger partial charge in [-0.05, 0) is 34.1 Å². The zero-order valence-corrected chi connectivity index (χ0v) is 9.70. The van der Waals surface area contributed by atoms with Gasteiger partial charge in [0.25, 0.3) is 0 Å². The molecule has 0 amide bonds. The summed E-state index contributed by atoms with van der Waals surface area (Å²) in [7, 11) is 0. The van der Waals surface area contributed by atoms with Crippen molar-refractivity contribution in [2.45, 2.75) is 13.1 Å². The zero-order chi connectivity index (χ0) is 10.5. The summed E-state index contributed by atoms with van der Waals surface area (Å²) in [5.74, 6) is 0. The molecule has 2 rings (SSSR count). The lowest BCUT2D eigenvalue weighted by Gasteiger charge is -2.02. The highest BCUT2D eigenvalue weighted by Gasteiger charge is 1.96. The molecule has 0 spiro atoms. The van der Waals surface area contributed by atoms with Gasteiger partial charge in [0.2, 0.25) is 0 Å². The predicted molar refractivity (Wildman–Crippen MR) is 61.2 cm³/mol. The van der Waals surface area contributed by atoms with Crippen LogP contribution in [0, 0.1) is 0 Å². The van der Waals surface area contributed by atoms with Crippen molar-refractivity contribution in [1.29, 1.82) is 0 Å². The van der Waals surface area contributed by atoms with Gasteiger partial charge in [-0.15, -0.1) is 0 Å². The molecule has 0 aromatic carbocycles. The molecule has 0 radical (unpaired) electrons. The van der Waals surface area contributed by atoms with E-state index in [9.17, 15) is 0 Å². The van der Waals surface area contributed by atoms with Crippen molar-refractivity contribution < 1.29 is 4.42 Å². The molecule has 4 heteroatoms. The van der Waals surface area contributed by atoms with Crippen molar-refractivity contribution in [3.8, 4) is 0 Å². The standard InChI is InChI=1S/C11H11BrN2O/c12-10-1-2-11(14-6-10)7-13-5-9-3-4-15-8-9/h1-4,6,8,13H,5,7H2. The lowest BCUT2D eigenvalue weighted by Crippen LogP contribution is -2.12. The summed E-state index contributed by atoms with van der Waals surface area (Å²) in [5.41, 5.74) is 2.17. The molecule has 0 unspecified atom stereocenters. The minimum atomic E-state index is 0.762. The van der Waals surface area contributed by atoms with Gasteiger partial charge in [0.15, 0.2) is 0 Å². The number of nitrogens with zero attached hydrogens (tertiary/aromatic N) is 1. The third-order valence-electron chi connectivity index (χ3n) is 2.00. The Hall–Kier alpha value is -1.13. The van der Waals surface area contributed by atoms with E-state index >= 15 is 0 Å². The summed E-state index contributed by atoms with van der Waals surface area (Å²) in [5, 5.41) is 3.29. The van der Waals surface area contributed by atoms with E-state index in [0.717, 1.165) is 28.8 Å². The Labute approximate surface area is 96.6 Å². The molecule has 0 aliphatic rings. The maximum absolute atomic E-state index is 4.97. The molecule has 0 bridgehead atoms. The first-order chi connectivity index (χ1) is 7.34. The second kappa shape index (κ2) is 5.09. The van der Waals surface area contributed by atoms with Crippen molar-refractivity contribution in [2.24, 2.45) is 0 Å². The monoisotopic (exact) mass is 266 g/mol. The van der Waals surface area contributed by atoms with Crippen LogP contribution in [0.1, 0.15) is 11.3 Å². The highest BCUT2D eigenvalue weighted by molar-refractivity contribution is 9.10. The first kappa shape index (κ1) is 10.4. The van der Waals surface area contributed by atoms with Gasteiger partial charge in [-0.1, -0.05) is 0 Å². The van der Waals surface area contributed by atoms with Crippen LogP contribution in [0.2, 0.25) is 0 Å². The number of pyridine rings is 1. The largest absolute Gasteiger partial charge is 0.472 e. The fourth-order valence-corrected chi connectivity index (χ4v) is 1.47. The van der Waals surface area contributed by atoms with Gasteiger partial charge in [0.1, 0.15) is 0 Å². The lowest BCUT2D eigenvalue weighted by atomic mass is 10.3. The van der Waals surface area contributed by atoms with Crippen molar-refractivity contribution in [3.05, 3.63) is 52.7 Å². The van der Waals surface area contributed by atoms with E-state index in [-0.39, 0.29) is 0 Å². The molecule has 78 valence electrons. The number of furan rings is 1. The fourth-order valence-electron chi connectivity index (χ4n) is 1.24. The topological polar surface area (TPSA) is 38.1 Å². The Morgan fingerprint density at radius 2 is 2.20 bits per heavy atom. The van der Waals surface area contributed by atoms with E-state index in [0.29, 0.717) is 0 Å². The van der Waals surface area contributed by atoms with Crippen LogP contribution in [0.25, 0.3) is 0 Å². The third-order valence-corrected chi connectivity index (χ3v) is 2.47. The van der Waals surface area contributed by atoms with Crippen LogP contribution in [0.4, 0.5) is 0 Å². The molecular formula is C11H11BrN2O. The van der Waals surface area contributed by atoms with Crippen LogP contribution in [0.3, 0.4) is 0 Å². The van der Waals surface area contributed by atoms with Gasteiger partial charge < -0.3 is 9.73 Å². The molecule has 2 aromatic heterocycles. The minimum Gasteiger partial charge on any atom is -0.472 e. The van der Waals surface area contributed by atoms with Gasteiger partial charge in [-0.3, -0.25) is 4.98 Å². The third kappa shape index (κ3) is 3.18. The van der Waals surface area contributed by atoms with E-state index in [4.69, 9.17) is 4.42 Å². The van der Waals surface area contributed by atoms with Crippen molar-refractivity contribution in [2.75, 3.05) is 0 Å². The Morgan fingerprint density at radius 1 is 1.27 bits per heavy atom. The fraction of sp³-hybridized carbons (Fsp3) is 0.182. The molecule has 2 heterocycles. The molecule has 15 heavy (non-hydrogen) atoms. The normalized spacial score (nSPS) is 10.5. The van der Waals surface area contributed by atoms with Gasteiger partial charge in [0.05, 0.1) is 18.2 Å². The summed E-state index contributed by atoms with van der Waals surface area (Å²) in [6, 6.07) is 5.93. The number of aromatic nitrogens is 1. The highest BCUT2D eigenvalue weighted by Crippen LogP contribution is 2.07. The molecular weight excluding hydrogens is 256 g/mol. The lowest BCUT2D eigenvalue weighted by molar-refractivity contribution is 0.560. The summed E-state index contributed by atoms with van der Waals surface area (Å²) in [6.07, 6.45) is 5.21. The van der Waals surface area contributed by atoms with E-state index in [1.165, 1.54) is 0 Å². The van der Waals surface area contributed by atoms with E-state index in [1.54, 1.807) is 18.7 Å². The van der Waals surface area contributed by atoms with Crippen LogP contribution in [0.5, 0.6) is 0 Å². The molecule has 0 aliphatic carbocycles. The van der Waals surface area contributed by atoms with Crippen LogP contribution >= 0.6 is 15.9 Å². The molecule has 0 aliphatic heterocycles. The predicted octanol–water partition coefficient (Wildman–Crippen LogP) is 2.73. The van der Waals surface area contributed by atoms with Crippen LogP contribution in [0.15, 0.2) is 45.8 Å². The first-order valence-corrected chi connectivity index (χ1v) is 5.46. The van der Waals surface area contributed by atoms with Crippen molar-refractivity contribution in [3.63, 3.8) is 0 Å².